The van der Waals surface area contributed by atoms with Gasteiger partial charge in [0.2, 0.25) is 5.91 Å². The van der Waals surface area contributed by atoms with Crippen molar-refractivity contribution in [2.75, 3.05) is 6.54 Å². The number of carbonyl (C=O) groups excluding carboxylic acids is 2. The summed E-state index contributed by atoms with van der Waals surface area (Å²) in [7, 11) is 0. The van der Waals surface area contributed by atoms with E-state index in [1.54, 1.807) is 17.3 Å². The van der Waals surface area contributed by atoms with Crippen molar-refractivity contribution in [1.29, 1.82) is 0 Å². The number of carbonyl (C=O) groups is 2. The predicted molar refractivity (Wildman–Crippen MR) is 117 cm³/mol. The van der Waals surface area contributed by atoms with E-state index >= 15 is 0 Å². The van der Waals surface area contributed by atoms with Gasteiger partial charge < -0.3 is 15.0 Å². The molecule has 0 unspecified atom stereocenters. The van der Waals surface area contributed by atoms with Gasteiger partial charge in [-0.1, -0.05) is 30.3 Å². The lowest BCUT2D eigenvalue weighted by atomic mass is 10.1. The second-order valence-corrected chi connectivity index (χ2v) is 7.64. The van der Waals surface area contributed by atoms with Crippen LogP contribution in [0.15, 0.2) is 79.1 Å². The van der Waals surface area contributed by atoms with Gasteiger partial charge in [0.15, 0.2) is 0 Å². The Morgan fingerprint density at radius 2 is 1.74 bits per heavy atom. The average molecular weight is 415 g/mol. The lowest BCUT2D eigenvalue weighted by Gasteiger charge is -2.26. The van der Waals surface area contributed by atoms with E-state index in [4.69, 9.17) is 4.74 Å². The molecule has 158 valence electrons. The van der Waals surface area contributed by atoms with Crippen molar-refractivity contribution in [1.82, 2.24) is 15.2 Å². The van der Waals surface area contributed by atoms with Crippen LogP contribution >= 0.6 is 0 Å². The first-order chi connectivity index (χ1) is 15.2. The van der Waals surface area contributed by atoms with Crippen LogP contribution in [0.25, 0.3) is 0 Å². The molecule has 2 heterocycles. The highest BCUT2D eigenvalue weighted by molar-refractivity contribution is 5.94. The number of nitrogens with zero attached hydrogens (tertiary/aromatic N) is 2. The quantitative estimate of drug-likeness (QED) is 0.610. The summed E-state index contributed by atoms with van der Waals surface area (Å²) in [6, 6.07) is 20.9. The molecule has 1 saturated heterocycles. The van der Waals surface area contributed by atoms with Gasteiger partial charge in [-0.05, 0) is 53.9 Å². The predicted octanol–water partition coefficient (Wildman–Crippen LogP) is 3.58. The molecule has 1 N–H and O–H groups in total. The third-order valence-corrected chi connectivity index (χ3v) is 5.29. The van der Waals surface area contributed by atoms with Crippen LogP contribution in [0.3, 0.4) is 0 Å². The fourth-order valence-corrected chi connectivity index (χ4v) is 3.62. The van der Waals surface area contributed by atoms with Gasteiger partial charge >= 0.3 is 0 Å². The largest absolute Gasteiger partial charge is 0.489 e. The number of hydrogen-bond donors (Lipinski definition) is 1. The molecule has 6 heteroatoms. The summed E-state index contributed by atoms with van der Waals surface area (Å²) in [5, 5.41) is 2.96. The maximum atomic E-state index is 13.3. The van der Waals surface area contributed by atoms with Crippen LogP contribution in [0.5, 0.6) is 5.75 Å². The summed E-state index contributed by atoms with van der Waals surface area (Å²) >= 11 is 0. The van der Waals surface area contributed by atoms with E-state index in [0.717, 1.165) is 23.3 Å². The zero-order chi connectivity index (χ0) is 21.5. The van der Waals surface area contributed by atoms with Crippen LogP contribution in [0.4, 0.5) is 0 Å². The molecule has 2 amide bonds. The Labute approximate surface area is 181 Å². The van der Waals surface area contributed by atoms with E-state index in [-0.39, 0.29) is 17.9 Å². The lowest BCUT2D eigenvalue weighted by Crippen LogP contribution is -2.41. The first-order valence-electron chi connectivity index (χ1n) is 10.4. The van der Waals surface area contributed by atoms with E-state index in [1.807, 2.05) is 66.7 Å². The third kappa shape index (κ3) is 5.69. The molecular weight excluding hydrogens is 390 g/mol. The van der Waals surface area contributed by atoms with Crippen LogP contribution in [0.2, 0.25) is 0 Å². The normalized spacial score (nSPS) is 15.4. The van der Waals surface area contributed by atoms with Gasteiger partial charge in [-0.2, -0.15) is 0 Å². The number of para-hydroxylation sites is 1. The molecule has 4 rings (SSSR count). The minimum Gasteiger partial charge on any atom is -0.489 e. The van der Waals surface area contributed by atoms with Crippen molar-refractivity contribution in [3.63, 3.8) is 0 Å². The molecule has 31 heavy (non-hydrogen) atoms. The van der Waals surface area contributed by atoms with Crippen LogP contribution in [0.1, 0.15) is 34.3 Å². The van der Waals surface area contributed by atoms with E-state index in [2.05, 4.69) is 10.3 Å². The Morgan fingerprint density at radius 1 is 1.00 bits per heavy atom. The second kappa shape index (κ2) is 9.89. The van der Waals surface area contributed by atoms with E-state index in [0.29, 0.717) is 31.7 Å². The van der Waals surface area contributed by atoms with Crippen molar-refractivity contribution >= 4 is 11.8 Å². The minimum absolute atomic E-state index is 0.0168. The number of aromatic nitrogens is 1. The zero-order valence-electron chi connectivity index (χ0n) is 17.2. The molecular formula is C25H25N3O3. The number of hydrogen-bond acceptors (Lipinski definition) is 4. The topological polar surface area (TPSA) is 71.5 Å². The third-order valence-electron chi connectivity index (χ3n) is 5.29. The molecule has 1 atom stereocenters. The Hall–Kier alpha value is -3.67. The fourth-order valence-electron chi connectivity index (χ4n) is 3.62. The van der Waals surface area contributed by atoms with Gasteiger partial charge in [0.05, 0.1) is 0 Å². The van der Waals surface area contributed by atoms with E-state index in [1.165, 1.54) is 0 Å². The zero-order valence-corrected chi connectivity index (χ0v) is 17.2. The van der Waals surface area contributed by atoms with Crippen molar-refractivity contribution in [2.24, 2.45) is 0 Å². The number of amides is 2. The summed E-state index contributed by atoms with van der Waals surface area (Å²) in [5.41, 5.74) is 2.60. The molecule has 0 radical (unpaired) electrons. The van der Waals surface area contributed by atoms with Gasteiger partial charge in [-0.3, -0.25) is 14.6 Å². The molecule has 1 aliphatic heterocycles. The highest BCUT2D eigenvalue weighted by atomic mass is 16.5. The number of pyridine rings is 1. The monoisotopic (exact) mass is 415 g/mol. The molecule has 0 aliphatic carbocycles. The number of nitrogens with one attached hydrogen (secondary N) is 1. The molecule has 1 fully saturated rings. The Balaban J connectivity index is 1.44. The van der Waals surface area contributed by atoms with Crippen LogP contribution in [-0.4, -0.2) is 34.3 Å². The summed E-state index contributed by atoms with van der Waals surface area (Å²) in [6.45, 7) is 1.38. The smallest absolute Gasteiger partial charge is 0.254 e. The number of rotatable bonds is 8. The number of benzene rings is 2. The molecule has 0 bridgehead atoms. The molecule has 1 aliphatic rings. The number of ether oxygens (including phenoxy) is 1. The van der Waals surface area contributed by atoms with Crippen molar-refractivity contribution in [2.45, 2.75) is 32.0 Å². The molecule has 0 saturated carbocycles. The maximum absolute atomic E-state index is 13.3. The highest BCUT2D eigenvalue weighted by Gasteiger charge is 2.26. The highest BCUT2D eigenvalue weighted by Crippen LogP contribution is 2.16. The first kappa shape index (κ1) is 20.6. The molecule has 6 nitrogen and oxygen atoms in total. The molecule has 2 aromatic carbocycles. The minimum atomic E-state index is -0.0616. The van der Waals surface area contributed by atoms with E-state index < -0.39 is 0 Å². The summed E-state index contributed by atoms with van der Waals surface area (Å²) in [6.07, 6.45) is 4.69. The van der Waals surface area contributed by atoms with Crippen LogP contribution in [-0.2, 0) is 17.9 Å². The van der Waals surface area contributed by atoms with Gasteiger partial charge in [-0.15, -0.1) is 0 Å². The second-order valence-electron chi connectivity index (χ2n) is 7.64. The van der Waals surface area contributed by atoms with Crippen LogP contribution < -0.4 is 10.1 Å². The summed E-state index contributed by atoms with van der Waals surface area (Å²) in [5.74, 6) is 0.794. The first-order valence-corrected chi connectivity index (χ1v) is 10.4. The van der Waals surface area contributed by atoms with Crippen LogP contribution in [0, 0.1) is 0 Å². The van der Waals surface area contributed by atoms with Crippen molar-refractivity contribution in [3.05, 3.63) is 95.8 Å². The summed E-state index contributed by atoms with van der Waals surface area (Å²) in [4.78, 5) is 30.7. The van der Waals surface area contributed by atoms with Gasteiger partial charge in [-0.25, -0.2) is 0 Å². The molecule has 1 aromatic heterocycles. The van der Waals surface area contributed by atoms with Gasteiger partial charge in [0.25, 0.3) is 5.91 Å². The summed E-state index contributed by atoms with van der Waals surface area (Å²) < 4.78 is 5.78. The lowest BCUT2D eigenvalue weighted by molar-refractivity contribution is -0.119. The van der Waals surface area contributed by atoms with E-state index in [9.17, 15) is 9.59 Å². The van der Waals surface area contributed by atoms with Crippen molar-refractivity contribution in [3.8, 4) is 5.75 Å². The molecule has 0 spiro atoms. The Kier molecular flexibility index (Phi) is 6.57. The standard InChI is InChI=1S/C25H25N3O3/c29-24-11-10-22(27-24)17-28(16-19-12-14-26-15-13-19)25(30)21-8-6-20(7-9-21)18-31-23-4-2-1-3-5-23/h1-9,12-15,22H,10-11,16-18H2,(H,27,29)/t22-/m0/s1. The molecule has 3 aromatic rings. The Morgan fingerprint density at radius 3 is 2.42 bits per heavy atom. The van der Waals surface area contributed by atoms with Gasteiger partial charge in [0.1, 0.15) is 12.4 Å². The maximum Gasteiger partial charge on any atom is 0.254 e. The van der Waals surface area contributed by atoms with Crippen molar-refractivity contribution < 1.29 is 14.3 Å². The average Bonchev–Trinajstić information content (AvgIpc) is 3.23. The Bertz CT molecular complexity index is 1010. The fraction of sp³-hybridized carbons (Fsp3) is 0.240. The SMILES string of the molecule is O=C1CC[C@@H](CN(Cc2ccncc2)C(=O)c2ccc(COc3ccccc3)cc2)N1. The van der Waals surface area contributed by atoms with Gasteiger partial charge in [0, 0.05) is 43.5 Å².